The van der Waals surface area contributed by atoms with Crippen LogP contribution in [0.1, 0.15) is 61.6 Å². The van der Waals surface area contributed by atoms with Crippen LogP contribution in [0.4, 0.5) is 5.69 Å². The number of hydrogen-bond donors (Lipinski definition) is 2. The molecule has 1 saturated carbocycles. The Kier molecular flexibility index (Phi) is 5.80. The van der Waals surface area contributed by atoms with Crippen LogP contribution >= 0.6 is 23.2 Å². The average Bonchev–Trinajstić information content (AvgIpc) is 3.24. The lowest BCUT2D eigenvalue weighted by atomic mass is 9.77. The second-order valence-electron chi connectivity index (χ2n) is 8.85. The molecule has 5 rings (SSSR count). The molecule has 0 radical (unpaired) electrons. The van der Waals surface area contributed by atoms with E-state index in [1.54, 1.807) is 12.1 Å². The lowest BCUT2D eigenvalue weighted by Gasteiger charge is -2.38. The van der Waals surface area contributed by atoms with Crippen LogP contribution in [-0.4, -0.2) is 14.5 Å². The van der Waals surface area contributed by atoms with Crippen LogP contribution in [0.3, 0.4) is 0 Å². The summed E-state index contributed by atoms with van der Waals surface area (Å²) in [6, 6.07) is 11.2. The van der Waals surface area contributed by atoms with E-state index in [2.05, 4.69) is 22.2 Å². The Balaban J connectivity index is 1.47. The molecular formula is C24H26Cl2N2O2S. The summed E-state index contributed by atoms with van der Waals surface area (Å²) >= 11 is 12.6. The Morgan fingerprint density at radius 2 is 1.77 bits per heavy atom. The number of sulfonamides is 1. The Bertz CT molecular complexity index is 1130. The first-order valence-electron chi connectivity index (χ1n) is 11.0. The van der Waals surface area contributed by atoms with E-state index in [1.807, 2.05) is 24.3 Å². The molecule has 2 N–H and O–H groups in total. The van der Waals surface area contributed by atoms with Crippen LogP contribution in [0.15, 0.2) is 53.4 Å². The van der Waals surface area contributed by atoms with E-state index in [0.717, 1.165) is 48.9 Å². The molecule has 1 aliphatic heterocycles. The summed E-state index contributed by atoms with van der Waals surface area (Å²) in [4.78, 5) is 0.348. The molecule has 3 aliphatic rings. The first-order chi connectivity index (χ1) is 14.9. The number of fused-ring (bicyclic) bond motifs is 3. The SMILES string of the molecule is O=S(=O)(NC1CCCCC1)c1ccc2c(c1)C1C=CCC1C(c1ccc(Cl)cc1Cl)N2. The van der Waals surface area contributed by atoms with Crippen LogP contribution < -0.4 is 10.0 Å². The predicted octanol–water partition coefficient (Wildman–Crippen LogP) is 6.43. The van der Waals surface area contributed by atoms with E-state index in [9.17, 15) is 8.42 Å². The monoisotopic (exact) mass is 476 g/mol. The van der Waals surface area contributed by atoms with Crippen LogP contribution in [0, 0.1) is 5.92 Å². The molecule has 0 amide bonds. The van der Waals surface area contributed by atoms with Crippen molar-refractivity contribution in [1.82, 2.24) is 4.72 Å². The quantitative estimate of drug-likeness (QED) is 0.499. The Hall–Kier alpha value is -1.53. The molecular weight excluding hydrogens is 451 g/mol. The first kappa shape index (κ1) is 21.3. The molecule has 3 unspecified atom stereocenters. The molecule has 3 atom stereocenters. The van der Waals surface area contributed by atoms with Crippen LogP contribution in [-0.2, 0) is 10.0 Å². The minimum Gasteiger partial charge on any atom is -0.378 e. The van der Waals surface area contributed by atoms with E-state index < -0.39 is 10.0 Å². The van der Waals surface area contributed by atoms with Gasteiger partial charge in [0.1, 0.15) is 0 Å². The fourth-order valence-corrected chi connectivity index (χ4v) is 7.18. The highest BCUT2D eigenvalue weighted by molar-refractivity contribution is 7.89. The van der Waals surface area contributed by atoms with Gasteiger partial charge in [-0.15, -0.1) is 0 Å². The zero-order chi connectivity index (χ0) is 21.6. The van der Waals surface area contributed by atoms with Gasteiger partial charge in [0.25, 0.3) is 0 Å². The van der Waals surface area contributed by atoms with Crippen LogP contribution in [0.5, 0.6) is 0 Å². The molecule has 0 spiro atoms. The van der Waals surface area contributed by atoms with Crippen molar-refractivity contribution in [2.24, 2.45) is 5.92 Å². The van der Waals surface area contributed by atoms with Gasteiger partial charge in [0.2, 0.25) is 10.0 Å². The smallest absolute Gasteiger partial charge is 0.240 e. The molecule has 31 heavy (non-hydrogen) atoms. The number of hydrogen-bond acceptors (Lipinski definition) is 3. The van der Waals surface area contributed by atoms with Gasteiger partial charge < -0.3 is 5.32 Å². The van der Waals surface area contributed by atoms with Gasteiger partial charge in [-0.05, 0) is 66.6 Å². The topological polar surface area (TPSA) is 58.2 Å². The molecule has 0 bridgehead atoms. The largest absolute Gasteiger partial charge is 0.378 e. The fraction of sp³-hybridized carbons (Fsp3) is 0.417. The van der Waals surface area contributed by atoms with Gasteiger partial charge in [0.05, 0.1) is 10.9 Å². The first-order valence-corrected chi connectivity index (χ1v) is 13.2. The van der Waals surface area contributed by atoms with Crippen molar-refractivity contribution in [3.63, 3.8) is 0 Å². The van der Waals surface area contributed by atoms with Gasteiger partial charge in [-0.2, -0.15) is 0 Å². The number of halogens is 2. The van der Waals surface area contributed by atoms with E-state index >= 15 is 0 Å². The number of nitrogens with one attached hydrogen (secondary N) is 2. The molecule has 164 valence electrons. The third kappa shape index (κ3) is 4.13. The molecule has 4 nitrogen and oxygen atoms in total. The summed E-state index contributed by atoms with van der Waals surface area (Å²) in [5, 5.41) is 4.89. The lowest BCUT2D eigenvalue weighted by Crippen LogP contribution is -2.36. The summed E-state index contributed by atoms with van der Waals surface area (Å²) in [6.07, 6.45) is 10.5. The Labute approximate surface area is 194 Å². The molecule has 2 aliphatic carbocycles. The molecule has 1 fully saturated rings. The minimum atomic E-state index is -3.54. The molecule has 0 aromatic heterocycles. The van der Waals surface area contributed by atoms with E-state index in [1.165, 1.54) is 6.42 Å². The third-order valence-electron chi connectivity index (χ3n) is 6.87. The van der Waals surface area contributed by atoms with Crippen LogP contribution in [0.25, 0.3) is 0 Å². The van der Waals surface area contributed by atoms with E-state index in [-0.39, 0.29) is 23.9 Å². The van der Waals surface area contributed by atoms with Gasteiger partial charge in [-0.3, -0.25) is 0 Å². The zero-order valence-corrected chi connectivity index (χ0v) is 19.5. The molecule has 7 heteroatoms. The lowest BCUT2D eigenvalue weighted by molar-refractivity contribution is 0.411. The number of rotatable bonds is 4. The zero-order valence-electron chi connectivity index (χ0n) is 17.2. The Morgan fingerprint density at radius 1 is 0.968 bits per heavy atom. The Morgan fingerprint density at radius 3 is 2.55 bits per heavy atom. The number of allylic oxidation sites excluding steroid dienone is 2. The predicted molar refractivity (Wildman–Crippen MR) is 126 cm³/mol. The van der Waals surface area contributed by atoms with Crippen LogP contribution in [0.2, 0.25) is 10.0 Å². The molecule has 2 aromatic rings. The van der Waals surface area contributed by atoms with E-state index in [4.69, 9.17) is 23.2 Å². The number of anilines is 1. The van der Waals surface area contributed by atoms with Crippen molar-refractivity contribution in [2.75, 3.05) is 5.32 Å². The minimum absolute atomic E-state index is 0.0417. The van der Waals surface area contributed by atoms with Gasteiger partial charge in [-0.25, -0.2) is 13.1 Å². The highest BCUT2D eigenvalue weighted by atomic mass is 35.5. The second-order valence-corrected chi connectivity index (χ2v) is 11.4. The van der Waals surface area contributed by atoms with Crippen molar-refractivity contribution in [3.05, 3.63) is 69.7 Å². The maximum atomic E-state index is 13.1. The number of benzene rings is 2. The molecule has 0 saturated heterocycles. The maximum absolute atomic E-state index is 13.1. The van der Waals surface area contributed by atoms with Crippen molar-refractivity contribution in [3.8, 4) is 0 Å². The highest BCUT2D eigenvalue weighted by Gasteiger charge is 2.39. The normalized spacial score (nSPS) is 25.7. The summed E-state index contributed by atoms with van der Waals surface area (Å²) in [5.74, 6) is 0.424. The molecule has 1 heterocycles. The standard InChI is InChI=1S/C24H26Cl2N2O2S/c25-15-9-11-20(22(26)13-15)24-19-8-4-7-18(19)21-14-17(10-12-23(21)27-24)31(29,30)28-16-5-2-1-3-6-16/h4,7,9-14,16,18-19,24,27-28H,1-3,5-6,8H2. The summed E-state index contributed by atoms with van der Waals surface area (Å²) in [6.45, 7) is 0. The van der Waals surface area contributed by atoms with Crippen molar-refractivity contribution in [1.29, 1.82) is 0 Å². The molecule has 2 aromatic carbocycles. The van der Waals surface area contributed by atoms with Crippen molar-refractivity contribution in [2.45, 2.75) is 61.4 Å². The van der Waals surface area contributed by atoms with Gasteiger partial charge in [-0.1, -0.05) is 60.7 Å². The second kappa shape index (κ2) is 8.43. The average molecular weight is 477 g/mol. The summed E-state index contributed by atoms with van der Waals surface area (Å²) in [7, 11) is -3.54. The highest BCUT2D eigenvalue weighted by Crippen LogP contribution is 2.51. The third-order valence-corrected chi connectivity index (χ3v) is 8.95. The van der Waals surface area contributed by atoms with Crippen molar-refractivity contribution < 1.29 is 8.42 Å². The summed E-state index contributed by atoms with van der Waals surface area (Å²) < 4.78 is 29.1. The van der Waals surface area contributed by atoms with Crippen molar-refractivity contribution >= 4 is 38.9 Å². The van der Waals surface area contributed by atoms with Gasteiger partial charge in [0, 0.05) is 27.7 Å². The summed E-state index contributed by atoms with van der Waals surface area (Å²) in [5.41, 5.74) is 3.01. The fourth-order valence-electron chi connectivity index (χ4n) is 5.31. The maximum Gasteiger partial charge on any atom is 0.240 e. The van der Waals surface area contributed by atoms with E-state index in [0.29, 0.717) is 14.9 Å². The van der Waals surface area contributed by atoms with Gasteiger partial charge in [0.15, 0.2) is 0 Å². The van der Waals surface area contributed by atoms with Gasteiger partial charge >= 0.3 is 0 Å².